The lowest BCUT2D eigenvalue weighted by atomic mass is 9.95. The summed E-state index contributed by atoms with van der Waals surface area (Å²) >= 11 is 0. The van der Waals surface area contributed by atoms with Gasteiger partial charge in [0.2, 0.25) is 0 Å². The highest BCUT2D eigenvalue weighted by Gasteiger charge is 2.28. The number of nitrogens with zero attached hydrogens (tertiary/aromatic N) is 1. The number of fused-ring (bicyclic) bond motifs is 3. The Morgan fingerprint density at radius 2 is 0.708 bits per heavy atom. The van der Waals surface area contributed by atoms with Gasteiger partial charge in [-0.2, -0.15) is 0 Å². The molecule has 0 aliphatic carbocycles. The minimum Gasteiger partial charge on any atom is -0.398 e. The average Bonchev–Trinajstić information content (AvgIpc) is 3.54. The number of nitrogens with two attached hydrogens (primary N) is 4. The van der Waals surface area contributed by atoms with Crippen molar-refractivity contribution >= 4 is 55.1 Å². The van der Waals surface area contributed by atoms with E-state index in [-0.39, 0.29) is 111 Å². The molecule has 0 radical (unpaired) electrons. The van der Waals surface area contributed by atoms with Crippen molar-refractivity contribution in [1.29, 1.82) is 0 Å². The Balaban J connectivity index is 1.14. The highest BCUT2D eigenvalue weighted by Crippen LogP contribution is 2.34. The highest BCUT2D eigenvalue weighted by atomic mass is 16.6. The first kappa shape index (κ1) is 53.3. The molecule has 4 aromatic rings. The Bertz CT molecular complexity index is 2260. The van der Waals surface area contributed by atoms with E-state index in [1.807, 2.05) is 48.5 Å². The predicted molar refractivity (Wildman–Crippen MR) is 253 cm³/mol. The SMILES string of the molecule is COCCOCC(C)OCC(C)OCC(C)OCC(C)OCC(C)OCC(C)OCC(C)OCC(C)OCC(C)n1c(=O)c2c(N)c3c(=O)c4c(N)ccc(N)c4c(=O)c3c(N)c2c1=O. The molecule has 9 atom stereocenters. The fraction of sp³-hybridized carbons (Fsp3) is 0.652. The maximum atomic E-state index is 13.7. The molecule has 0 spiro atoms. The number of nitrogen functional groups attached to an aromatic ring is 4. The number of aromatic nitrogens is 1. The third kappa shape index (κ3) is 14.1. The van der Waals surface area contributed by atoms with Crippen LogP contribution in [-0.4, -0.2) is 133 Å². The second-order valence-corrected chi connectivity index (χ2v) is 17.0. The number of hydrogen-bond acceptors (Lipinski definition) is 18. The van der Waals surface area contributed by atoms with Gasteiger partial charge in [-0.25, -0.2) is 0 Å². The fourth-order valence-electron chi connectivity index (χ4n) is 7.07. The molecule has 364 valence electrons. The van der Waals surface area contributed by atoms with Crippen LogP contribution in [0.1, 0.15) is 68.4 Å². The van der Waals surface area contributed by atoms with Crippen molar-refractivity contribution in [2.75, 3.05) is 103 Å². The molecule has 9 unspecified atom stereocenters. The lowest BCUT2D eigenvalue weighted by Crippen LogP contribution is -2.33. The summed E-state index contributed by atoms with van der Waals surface area (Å²) in [6, 6.07) is 2.03. The summed E-state index contributed by atoms with van der Waals surface area (Å²) < 4.78 is 58.8. The van der Waals surface area contributed by atoms with Crippen molar-refractivity contribution in [3.05, 3.63) is 53.3 Å². The summed E-state index contributed by atoms with van der Waals surface area (Å²) in [5.74, 6) is 0. The molecule has 19 nitrogen and oxygen atoms in total. The van der Waals surface area contributed by atoms with Gasteiger partial charge in [0.15, 0.2) is 10.9 Å². The zero-order valence-corrected chi connectivity index (χ0v) is 39.6. The summed E-state index contributed by atoms with van der Waals surface area (Å²) in [7, 11) is 1.64. The summed E-state index contributed by atoms with van der Waals surface area (Å²) in [5.41, 5.74) is 21.3. The Labute approximate surface area is 379 Å². The second kappa shape index (κ2) is 25.0. The molecule has 0 aliphatic rings. The van der Waals surface area contributed by atoms with E-state index in [0.717, 1.165) is 4.57 Å². The van der Waals surface area contributed by atoms with E-state index in [2.05, 4.69) is 0 Å². The number of rotatable bonds is 30. The monoisotopic (exact) mass is 917 g/mol. The number of ether oxygens (including phenoxy) is 10. The zero-order chi connectivity index (χ0) is 48.1. The van der Waals surface area contributed by atoms with Gasteiger partial charge in [0.05, 0.1) is 171 Å². The lowest BCUT2D eigenvalue weighted by Gasteiger charge is -2.23. The normalized spacial score (nSPS) is 16.5. The molecule has 8 N–H and O–H groups in total. The van der Waals surface area contributed by atoms with Crippen molar-refractivity contribution in [2.24, 2.45) is 0 Å². The molecule has 0 amide bonds. The maximum absolute atomic E-state index is 13.7. The van der Waals surface area contributed by atoms with Gasteiger partial charge < -0.3 is 70.3 Å². The molecule has 1 heterocycles. The van der Waals surface area contributed by atoms with E-state index in [9.17, 15) is 19.2 Å². The molecular formula is C46H71N5O14. The largest absolute Gasteiger partial charge is 0.398 e. The van der Waals surface area contributed by atoms with Gasteiger partial charge in [0, 0.05) is 18.5 Å². The number of benzene rings is 3. The van der Waals surface area contributed by atoms with E-state index in [0.29, 0.717) is 59.5 Å². The Hall–Kier alpha value is -4.28. The molecule has 65 heavy (non-hydrogen) atoms. The molecular weight excluding hydrogens is 847 g/mol. The quantitative estimate of drug-likeness (QED) is 0.0253. The van der Waals surface area contributed by atoms with Crippen LogP contribution in [0, 0.1) is 0 Å². The van der Waals surface area contributed by atoms with Crippen molar-refractivity contribution < 1.29 is 47.4 Å². The number of anilines is 4. The van der Waals surface area contributed by atoms with Crippen LogP contribution in [-0.2, 0) is 47.4 Å². The standard InChI is InChI=1S/C46H71N5O14/c1-24(51-45(54)39-40(46(51)55)42(50)38-37(41(39)49)43(52)35-33(47)11-12-34(48)36(35)44(38)53)15-58-26(3)17-60-28(5)19-62-30(7)21-64-32(9)23-65-31(8)22-63-29(6)20-61-27(4)18-59-25(2)16-57-14-13-56-10/h11-12,24-32H,13-23,47-50H2,1-10H3. The van der Waals surface area contributed by atoms with Crippen LogP contribution in [0.15, 0.2) is 31.3 Å². The molecule has 0 aliphatic heterocycles. The van der Waals surface area contributed by atoms with Crippen LogP contribution in [0.25, 0.3) is 32.3 Å². The summed E-state index contributed by atoms with van der Waals surface area (Å²) in [6.07, 6.45) is -1.45. The zero-order valence-electron chi connectivity index (χ0n) is 39.6. The van der Waals surface area contributed by atoms with Crippen LogP contribution < -0.4 is 44.9 Å². The fourth-order valence-corrected chi connectivity index (χ4v) is 7.07. The van der Waals surface area contributed by atoms with E-state index in [1.54, 1.807) is 21.0 Å². The highest BCUT2D eigenvalue weighted by molar-refractivity contribution is 6.22. The van der Waals surface area contributed by atoms with E-state index in [4.69, 9.17) is 70.3 Å². The van der Waals surface area contributed by atoms with Gasteiger partial charge in [-0.05, 0) is 74.4 Å². The van der Waals surface area contributed by atoms with Crippen LogP contribution in [0.2, 0.25) is 0 Å². The number of methoxy groups -OCH3 is 1. The van der Waals surface area contributed by atoms with Gasteiger partial charge in [0.25, 0.3) is 11.1 Å². The van der Waals surface area contributed by atoms with Crippen LogP contribution in [0.3, 0.4) is 0 Å². The van der Waals surface area contributed by atoms with Crippen LogP contribution >= 0.6 is 0 Å². The minimum atomic E-state index is -0.775. The van der Waals surface area contributed by atoms with E-state index in [1.165, 1.54) is 12.1 Å². The molecule has 1 aromatic heterocycles. The minimum absolute atomic E-state index is 0.0143. The molecule has 4 rings (SSSR count). The molecule has 3 aromatic carbocycles. The van der Waals surface area contributed by atoms with Gasteiger partial charge >= 0.3 is 0 Å². The topological polar surface area (TPSA) is 270 Å². The summed E-state index contributed by atoms with van der Waals surface area (Å²) in [5, 5.41) is -1.32. The summed E-state index contributed by atoms with van der Waals surface area (Å²) in [4.78, 5) is 54.8. The molecule has 0 saturated heterocycles. The first-order valence-corrected chi connectivity index (χ1v) is 22.2. The van der Waals surface area contributed by atoms with Gasteiger partial charge in [-0.1, -0.05) is 0 Å². The second-order valence-electron chi connectivity index (χ2n) is 17.0. The van der Waals surface area contributed by atoms with Crippen molar-refractivity contribution in [3.8, 4) is 0 Å². The van der Waals surface area contributed by atoms with Gasteiger partial charge in [-0.3, -0.25) is 23.7 Å². The van der Waals surface area contributed by atoms with Crippen LogP contribution in [0.5, 0.6) is 0 Å². The van der Waals surface area contributed by atoms with Gasteiger partial charge in [-0.15, -0.1) is 0 Å². The maximum Gasteiger partial charge on any atom is 0.264 e. The Morgan fingerprint density at radius 1 is 0.415 bits per heavy atom. The smallest absolute Gasteiger partial charge is 0.264 e. The Kier molecular flexibility index (Phi) is 20.5. The summed E-state index contributed by atoms with van der Waals surface area (Å²) in [6.45, 7) is 21.1. The third-order valence-corrected chi connectivity index (χ3v) is 10.8. The first-order valence-electron chi connectivity index (χ1n) is 22.2. The number of hydrogen-bond donors (Lipinski definition) is 4. The molecule has 0 saturated carbocycles. The first-order chi connectivity index (χ1) is 30.8. The van der Waals surface area contributed by atoms with Gasteiger partial charge in [0.1, 0.15) is 0 Å². The molecule has 0 bridgehead atoms. The molecule has 0 fully saturated rings. The van der Waals surface area contributed by atoms with Crippen LogP contribution in [0.4, 0.5) is 22.7 Å². The lowest BCUT2D eigenvalue weighted by molar-refractivity contribution is -0.110. The van der Waals surface area contributed by atoms with E-state index < -0.39 is 34.1 Å². The van der Waals surface area contributed by atoms with E-state index >= 15 is 0 Å². The predicted octanol–water partition coefficient (Wildman–Crippen LogP) is 3.06. The van der Waals surface area contributed by atoms with Crippen molar-refractivity contribution in [3.63, 3.8) is 0 Å². The van der Waals surface area contributed by atoms with Crippen molar-refractivity contribution in [1.82, 2.24) is 4.57 Å². The molecule has 19 heteroatoms. The van der Waals surface area contributed by atoms with Crippen molar-refractivity contribution in [2.45, 2.75) is 117 Å². The average molecular weight is 918 g/mol. The Morgan fingerprint density at radius 3 is 1.02 bits per heavy atom. The third-order valence-electron chi connectivity index (χ3n) is 10.8.